The molecule has 1 heterocycles. The Bertz CT molecular complexity index is 523. The number of hydrogen-bond acceptors (Lipinski definition) is 3. The molecule has 1 aromatic carbocycles. The molecular weight excluding hydrogens is 274 g/mol. The van der Waals surface area contributed by atoms with Crippen LogP contribution in [0.4, 0.5) is 5.69 Å². The standard InChI is InChI=1S/C18H27N3O/c1-14-5-2-3-8-17(14)20-9-11-21(12-10-20)18(22)15-6-4-7-16(19)13-15/h2-3,5,8,15-16H,4,6-7,9-13,19H2,1H3. The second-order valence-corrected chi connectivity index (χ2v) is 6.72. The summed E-state index contributed by atoms with van der Waals surface area (Å²) in [7, 11) is 0. The van der Waals surface area contributed by atoms with Crippen LogP contribution in [-0.2, 0) is 4.79 Å². The Morgan fingerprint density at radius 1 is 1.14 bits per heavy atom. The van der Waals surface area contributed by atoms with Gasteiger partial charge in [-0.1, -0.05) is 24.6 Å². The fourth-order valence-electron chi connectivity index (χ4n) is 3.80. The fraction of sp³-hybridized carbons (Fsp3) is 0.611. The summed E-state index contributed by atoms with van der Waals surface area (Å²) >= 11 is 0. The SMILES string of the molecule is Cc1ccccc1N1CCN(C(=O)C2CCCC(N)C2)CC1. The van der Waals surface area contributed by atoms with Crippen LogP contribution in [-0.4, -0.2) is 43.0 Å². The molecule has 4 nitrogen and oxygen atoms in total. The molecule has 22 heavy (non-hydrogen) atoms. The van der Waals surface area contributed by atoms with E-state index in [1.54, 1.807) is 0 Å². The average Bonchev–Trinajstić information content (AvgIpc) is 2.55. The van der Waals surface area contributed by atoms with Gasteiger partial charge in [-0.25, -0.2) is 0 Å². The average molecular weight is 301 g/mol. The molecule has 1 amide bonds. The zero-order chi connectivity index (χ0) is 15.5. The topological polar surface area (TPSA) is 49.6 Å². The van der Waals surface area contributed by atoms with Crippen molar-refractivity contribution in [3.8, 4) is 0 Å². The van der Waals surface area contributed by atoms with E-state index in [2.05, 4.69) is 41.0 Å². The lowest BCUT2D eigenvalue weighted by Crippen LogP contribution is -2.51. The van der Waals surface area contributed by atoms with E-state index < -0.39 is 0 Å². The van der Waals surface area contributed by atoms with Crippen molar-refractivity contribution in [3.05, 3.63) is 29.8 Å². The Morgan fingerprint density at radius 2 is 1.86 bits per heavy atom. The molecular formula is C18H27N3O. The van der Waals surface area contributed by atoms with Crippen LogP contribution >= 0.6 is 0 Å². The third-order valence-corrected chi connectivity index (χ3v) is 5.11. The lowest BCUT2D eigenvalue weighted by Gasteiger charge is -2.39. The second kappa shape index (κ2) is 6.69. The predicted octanol–water partition coefficient (Wildman–Crippen LogP) is 2.16. The maximum atomic E-state index is 12.7. The van der Waals surface area contributed by atoms with Gasteiger partial charge in [0.25, 0.3) is 0 Å². The molecule has 0 aromatic heterocycles. The number of nitrogens with zero attached hydrogens (tertiary/aromatic N) is 2. The van der Waals surface area contributed by atoms with E-state index in [1.165, 1.54) is 11.3 Å². The van der Waals surface area contributed by atoms with Crippen molar-refractivity contribution >= 4 is 11.6 Å². The van der Waals surface area contributed by atoms with Gasteiger partial charge in [0.05, 0.1) is 0 Å². The summed E-state index contributed by atoms with van der Waals surface area (Å²) in [5.74, 6) is 0.494. The predicted molar refractivity (Wildman–Crippen MR) is 89.9 cm³/mol. The first-order chi connectivity index (χ1) is 10.6. The van der Waals surface area contributed by atoms with Gasteiger partial charge in [0.1, 0.15) is 0 Å². The van der Waals surface area contributed by atoms with Crippen LogP contribution in [0.25, 0.3) is 0 Å². The summed E-state index contributed by atoms with van der Waals surface area (Å²) in [6, 6.07) is 8.70. The number of para-hydroxylation sites is 1. The molecule has 2 fully saturated rings. The third kappa shape index (κ3) is 3.27. The van der Waals surface area contributed by atoms with Gasteiger partial charge in [-0.3, -0.25) is 4.79 Å². The molecule has 1 aliphatic carbocycles. The number of benzene rings is 1. The first-order valence-electron chi connectivity index (χ1n) is 8.50. The van der Waals surface area contributed by atoms with E-state index in [0.717, 1.165) is 51.9 Å². The van der Waals surface area contributed by atoms with Gasteiger partial charge in [0, 0.05) is 43.8 Å². The minimum atomic E-state index is 0.161. The fourth-order valence-corrected chi connectivity index (χ4v) is 3.80. The largest absolute Gasteiger partial charge is 0.368 e. The van der Waals surface area contributed by atoms with E-state index in [4.69, 9.17) is 5.73 Å². The van der Waals surface area contributed by atoms with Crippen LogP contribution in [0.15, 0.2) is 24.3 Å². The van der Waals surface area contributed by atoms with Crippen molar-refractivity contribution < 1.29 is 4.79 Å². The lowest BCUT2D eigenvalue weighted by molar-refractivity contribution is -0.137. The molecule has 0 bridgehead atoms. The molecule has 2 N–H and O–H groups in total. The van der Waals surface area contributed by atoms with Crippen LogP contribution in [0.2, 0.25) is 0 Å². The highest BCUT2D eigenvalue weighted by atomic mass is 16.2. The Hall–Kier alpha value is -1.55. The molecule has 4 heteroatoms. The van der Waals surface area contributed by atoms with Crippen LogP contribution in [0.5, 0.6) is 0 Å². The van der Waals surface area contributed by atoms with Gasteiger partial charge >= 0.3 is 0 Å². The van der Waals surface area contributed by atoms with Gasteiger partial charge in [0.2, 0.25) is 5.91 Å². The van der Waals surface area contributed by atoms with Crippen molar-refractivity contribution in [1.82, 2.24) is 4.90 Å². The quantitative estimate of drug-likeness (QED) is 0.910. The maximum Gasteiger partial charge on any atom is 0.225 e. The highest BCUT2D eigenvalue weighted by Crippen LogP contribution is 2.26. The first kappa shape index (κ1) is 15.3. The van der Waals surface area contributed by atoms with Crippen molar-refractivity contribution in [2.45, 2.75) is 38.6 Å². The van der Waals surface area contributed by atoms with Gasteiger partial charge in [-0.05, 0) is 37.8 Å². The van der Waals surface area contributed by atoms with Crippen LogP contribution in [0.3, 0.4) is 0 Å². The number of anilines is 1. The monoisotopic (exact) mass is 301 g/mol. The summed E-state index contributed by atoms with van der Waals surface area (Å²) in [6.07, 6.45) is 4.06. The molecule has 1 aliphatic heterocycles. The van der Waals surface area contributed by atoms with E-state index in [-0.39, 0.29) is 12.0 Å². The highest BCUT2D eigenvalue weighted by Gasteiger charge is 2.30. The number of piperazine rings is 1. The molecule has 0 spiro atoms. The summed E-state index contributed by atoms with van der Waals surface area (Å²) in [5.41, 5.74) is 8.63. The summed E-state index contributed by atoms with van der Waals surface area (Å²) < 4.78 is 0. The molecule has 1 saturated carbocycles. The van der Waals surface area contributed by atoms with E-state index >= 15 is 0 Å². The Balaban J connectivity index is 1.57. The highest BCUT2D eigenvalue weighted by molar-refractivity contribution is 5.79. The van der Waals surface area contributed by atoms with Crippen molar-refractivity contribution in [1.29, 1.82) is 0 Å². The minimum absolute atomic E-state index is 0.161. The smallest absolute Gasteiger partial charge is 0.225 e. The zero-order valence-electron chi connectivity index (χ0n) is 13.5. The molecule has 3 rings (SSSR count). The van der Waals surface area contributed by atoms with Crippen molar-refractivity contribution in [2.24, 2.45) is 11.7 Å². The molecule has 2 atom stereocenters. The van der Waals surface area contributed by atoms with Gasteiger partial charge in [0.15, 0.2) is 0 Å². The lowest BCUT2D eigenvalue weighted by atomic mass is 9.85. The zero-order valence-corrected chi connectivity index (χ0v) is 13.5. The number of rotatable bonds is 2. The molecule has 120 valence electrons. The van der Waals surface area contributed by atoms with Crippen LogP contribution < -0.4 is 10.6 Å². The Kier molecular flexibility index (Phi) is 4.67. The van der Waals surface area contributed by atoms with Gasteiger partial charge in [-0.15, -0.1) is 0 Å². The molecule has 2 unspecified atom stereocenters. The minimum Gasteiger partial charge on any atom is -0.368 e. The summed E-state index contributed by atoms with van der Waals surface area (Å²) in [5, 5.41) is 0. The van der Waals surface area contributed by atoms with E-state index in [0.29, 0.717) is 5.91 Å². The van der Waals surface area contributed by atoms with E-state index in [1.807, 2.05) is 0 Å². The molecule has 1 saturated heterocycles. The van der Waals surface area contributed by atoms with Gasteiger partial charge in [-0.2, -0.15) is 0 Å². The Morgan fingerprint density at radius 3 is 2.55 bits per heavy atom. The van der Waals surface area contributed by atoms with E-state index in [9.17, 15) is 4.79 Å². The summed E-state index contributed by atoms with van der Waals surface area (Å²) in [6.45, 7) is 5.67. The first-order valence-corrected chi connectivity index (χ1v) is 8.50. The summed E-state index contributed by atoms with van der Waals surface area (Å²) in [4.78, 5) is 17.1. The van der Waals surface area contributed by atoms with Crippen LogP contribution in [0.1, 0.15) is 31.2 Å². The normalized spacial score (nSPS) is 26.1. The number of amides is 1. The molecule has 0 radical (unpaired) electrons. The number of nitrogens with two attached hydrogens (primary N) is 1. The molecule has 2 aliphatic rings. The number of carbonyl (C=O) groups excluding carboxylic acids is 1. The number of aryl methyl sites for hydroxylation is 1. The maximum absolute atomic E-state index is 12.7. The Labute approximate surface area is 133 Å². The molecule has 1 aromatic rings. The van der Waals surface area contributed by atoms with Crippen molar-refractivity contribution in [3.63, 3.8) is 0 Å². The second-order valence-electron chi connectivity index (χ2n) is 6.72. The third-order valence-electron chi connectivity index (χ3n) is 5.11. The number of carbonyl (C=O) groups is 1. The number of hydrogen-bond donors (Lipinski definition) is 1. The van der Waals surface area contributed by atoms with Gasteiger partial charge < -0.3 is 15.5 Å². The van der Waals surface area contributed by atoms with Crippen LogP contribution in [0, 0.1) is 12.8 Å². The van der Waals surface area contributed by atoms with Crippen molar-refractivity contribution in [2.75, 3.05) is 31.1 Å².